The van der Waals surface area contributed by atoms with E-state index < -0.39 is 0 Å². The van der Waals surface area contributed by atoms with Gasteiger partial charge < -0.3 is 9.88 Å². The summed E-state index contributed by atoms with van der Waals surface area (Å²) in [5.74, 6) is 0.640. The van der Waals surface area contributed by atoms with E-state index in [-0.39, 0.29) is 30.7 Å². The maximum atomic E-state index is 12.7. The van der Waals surface area contributed by atoms with Crippen LogP contribution in [0, 0.1) is 6.92 Å². The number of carbonyl (C=O) groups excluding carboxylic acids is 3. The SMILES string of the molecule is Cc1ccc2nc(C3CCN(C(=O)CCN4C(=O)c5ccccc5C4=O)CC3)[nH]c2c1. The van der Waals surface area contributed by atoms with E-state index in [1.54, 1.807) is 24.3 Å². The molecular formula is C24H24N4O3. The van der Waals surface area contributed by atoms with Gasteiger partial charge in [-0.2, -0.15) is 0 Å². The Morgan fingerprint density at radius 3 is 2.42 bits per heavy atom. The van der Waals surface area contributed by atoms with Crippen LogP contribution in [0.3, 0.4) is 0 Å². The number of carbonyl (C=O) groups is 3. The number of amides is 3. The molecule has 7 heteroatoms. The third kappa shape index (κ3) is 3.50. The average Bonchev–Trinajstić information content (AvgIpc) is 3.31. The quantitative estimate of drug-likeness (QED) is 0.662. The minimum Gasteiger partial charge on any atom is -0.343 e. The Morgan fingerprint density at radius 2 is 1.74 bits per heavy atom. The van der Waals surface area contributed by atoms with Crippen molar-refractivity contribution >= 4 is 28.8 Å². The second-order valence-corrected chi connectivity index (χ2v) is 8.36. The lowest BCUT2D eigenvalue weighted by Gasteiger charge is -2.31. The number of benzene rings is 2. The van der Waals surface area contributed by atoms with E-state index in [1.807, 2.05) is 11.0 Å². The van der Waals surface area contributed by atoms with Gasteiger partial charge in [-0.3, -0.25) is 19.3 Å². The van der Waals surface area contributed by atoms with Gasteiger partial charge in [0.1, 0.15) is 5.82 Å². The molecule has 5 rings (SSSR count). The number of fused-ring (bicyclic) bond motifs is 2. The summed E-state index contributed by atoms with van der Waals surface area (Å²) in [5.41, 5.74) is 4.05. The normalized spacial score (nSPS) is 16.9. The van der Waals surface area contributed by atoms with Crippen LogP contribution in [-0.2, 0) is 4.79 Å². The van der Waals surface area contributed by atoms with Crippen molar-refractivity contribution in [2.45, 2.75) is 32.1 Å². The highest BCUT2D eigenvalue weighted by Crippen LogP contribution is 2.28. The molecule has 31 heavy (non-hydrogen) atoms. The highest BCUT2D eigenvalue weighted by atomic mass is 16.2. The van der Waals surface area contributed by atoms with Crippen LogP contribution in [0.1, 0.15) is 57.3 Å². The molecule has 0 atom stereocenters. The van der Waals surface area contributed by atoms with E-state index in [9.17, 15) is 14.4 Å². The predicted octanol–water partition coefficient (Wildman–Crippen LogP) is 3.26. The molecule has 0 saturated carbocycles. The number of nitrogens with zero attached hydrogens (tertiary/aromatic N) is 3. The first-order valence-corrected chi connectivity index (χ1v) is 10.7. The minimum atomic E-state index is -0.313. The number of aromatic amines is 1. The number of likely N-dealkylation sites (tertiary alicyclic amines) is 1. The van der Waals surface area contributed by atoms with Crippen molar-refractivity contribution in [1.82, 2.24) is 19.8 Å². The van der Waals surface area contributed by atoms with Crippen LogP contribution in [0.5, 0.6) is 0 Å². The third-order valence-electron chi connectivity index (χ3n) is 6.32. The zero-order valence-electron chi connectivity index (χ0n) is 17.4. The predicted molar refractivity (Wildman–Crippen MR) is 116 cm³/mol. The smallest absolute Gasteiger partial charge is 0.261 e. The third-order valence-corrected chi connectivity index (χ3v) is 6.32. The van der Waals surface area contributed by atoms with Crippen molar-refractivity contribution in [3.8, 4) is 0 Å². The molecule has 2 aliphatic rings. The van der Waals surface area contributed by atoms with Crippen molar-refractivity contribution < 1.29 is 14.4 Å². The molecule has 0 spiro atoms. The van der Waals surface area contributed by atoms with Gasteiger partial charge in [-0.15, -0.1) is 0 Å². The monoisotopic (exact) mass is 416 g/mol. The lowest BCUT2D eigenvalue weighted by molar-refractivity contribution is -0.132. The van der Waals surface area contributed by atoms with Gasteiger partial charge in [0.25, 0.3) is 11.8 Å². The summed E-state index contributed by atoms with van der Waals surface area (Å²) in [7, 11) is 0. The Hall–Kier alpha value is -3.48. The van der Waals surface area contributed by atoms with Gasteiger partial charge >= 0.3 is 0 Å². The van der Waals surface area contributed by atoms with E-state index in [0.717, 1.165) is 29.7 Å². The lowest BCUT2D eigenvalue weighted by Crippen LogP contribution is -2.40. The number of piperidine rings is 1. The summed E-state index contributed by atoms with van der Waals surface area (Å²) in [4.78, 5) is 48.8. The summed E-state index contributed by atoms with van der Waals surface area (Å²) in [6.07, 6.45) is 1.84. The van der Waals surface area contributed by atoms with E-state index >= 15 is 0 Å². The van der Waals surface area contributed by atoms with E-state index in [4.69, 9.17) is 4.98 Å². The zero-order chi connectivity index (χ0) is 21.5. The Kier molecular flexibility index (Phi) is 4.81. The van der Waals surface area contributed by atoms with Crippen LogP contribution < -0.4 is 0 Å². The van der Waals surface area contributed by atoms with E-state index in [2.05, 4.69) is 24.0 Å². The maximum Gasteiger partial charge on any atom is 0.261 e. The topological polar surface area (TPSA) is 86.4 Å². The molecule has 1 N–H and O–H groups in total. The van der Waals surface area contributed by atoms with Crippen molar-refractivity contribution in [3.63, 3.8) is 0 Å². The number of hydrogen-bond acceptors (Lipinski definition) is 4. The van der Waals surface area contributed by atoms with Crippen molar-refractivity contribution in [3.05, 3.63) is 65.0 Å². The average molecular weight is 416 g/mol. The van der Waals surface area contributed by atoms with Gasteiger partial charge in [0.05, 0.1) is 22.2 Å². The number of rotatable bonds is 4. The Labute approximate surface area is 180 Å². The standard InChI is InChI=1S/C24H24N4O3/c1-15-6-7-19-20(14-15)26-22(25-19)16-8-11-27(12-9-16)21(29)10-13-28-23(30)17-4-2-3-5-18(17)24(28)31/h2-7,14,16H,8-13H2,1H3,(H,25,26). The molecule has 3 amide bonds. The van der Waals surface area contributed by atoms with Crippen LogP contribution in [0.2, 0.25) is 0 Å². The number of hydrogen-bond donors (Lipinski definition) is 1. The molecule has 3 heterocycles. The molecular weight excluding hydrogens is 392 g/mol. The first-order valence-electron chi connectivity index (χ1n) is 10.7. The highest BCUT2D eigenvalue weighted by Gasteiger charge is 2.35. The summed E-state index contributed by atoms with van der Waals surface area (Å²) in [6.45, 7) is 3.49. The van der Waals surface area contributed by atoms with E-state index in [0.29, 0.717) is 30.1 Å². The number of H-pyrrole nitrogens is 1. The van der Waals surface area contributed by atoms with Gasteiger partial charge in [0.2, 0.25) is 5.91 Å². The Morgan fingerprint density at radius 1 is 1.06 bits per heavy atom. The maximum absolute atomic E-state index is 12.7. The van der Waals surface area contributed by atoms with Crippen LogP contribution in [0.15, 0.2) is 42.5 Å². The molecule has 1 aromatic heterocycles. The molecule has 158 valence electrons. The number of imide groups is 1. The number of aromatic nitrogens is 2. The van der Waals surface area contributed by atoms with Crippen molar-refractivity contribution in [2.24, 2.45) is 0 Å². The fourth-order valence-corrected chi connectivity index (χ4v) is 4.55. The Bertz CT molecular complexity index is 1160. The fraction of sp³-hybridized carbons (Fsp3) is 0.333. The summed E-state index contributed by atoms with van der Waals surface area (Å²) >= 11 is 0. The molecule has 0 unspecified atom stereocenters. The minimum absolute atomic E-state index is 0.0183. The number of aryl methyl sites for hydroxylation is 1. The zero-order valence-corrected chi connectivity index (χ0v) is 17.4. The summed E-state index contributed by atoms with van der Waals surface area (Å²) in [5, 5.41) is 0. The molecule has 2 aromatic carbocycles. The van der Waals surface area contributed by atoms with Crippen molar-refractivity contribution in [1.29, 1.82) is 0 Å². The summed E-state index contributed by atoms with van der Waals surface area (Å²) in [6, 6.07) is 13.0. The van der Waals surface area contributed by atoms with Crippen LogP contribution in [0.25, 0.3) is 11.0 Å². The molecule has 0 radical (unpaired) electrons. The summed E-state index contributed by atoms with van der Waals surface area (Å²) < 4.78 is 0. The molecule has 7 nitrogen and oxygen atoms in total. The molecule has 3 aromatic rings. The van der Waals surface area contributed by atoms with Crippen LogP contribution >= 0.6 is 0 Å². The molecule has 0 aliphatic carbocycles. The first-order chi connectivity index (χ1) is 15.0. The molecule has 1 saturated heterocycles. The van der Waals surface area contributed by atoms with Gasteiger partial charge in [-0.25, -0.2) is 4.98 Å². The second kappa shape index (κ2) is 7.65. The van der Waals surface area contributed by atoms with Gasteiger partial charge in [0, 0.05) is 32.0 Å². The molecule has 2 aliphatic heterocycles. The van der Waals surface area contributed by atoms with Gasteiger partial charge in [0.15, 0.2) is 0 Å². The van der Waals surface area contributed by atoms with Gasteiger partial charge in [-0.1, -0.05) is 18.2 Å². The second-order valence-electron chi connectivity index (χ2n) is 8.36. The fourth-order valence-electron chi connectivity index (χ4n) is 4.55. The highest BCUT2D eigenvalue weighted by molar-refractivity contribution is 6.21. The van der Waals surface area contributed by atoms with Crippen LogP contribution in [-0.4, -0.2) is 57.1 Å². The van der Waals surface area contributed by atoms with Crippen molar-refractivity contribution in [2.75, 3.05) is 19.6 Å². The van der Waals surface area contributed by atoms with Gasteiger partial charge in [-0.05, 0) is 49.6 Å². The van der Waals surface area contributed by atoms with E-state index in [1.165, 1.54) is 10.5 Å². The Balaban J connectivity index is 1.17. The lowest BCUT2D eigenvalue weighted by atomic mass is 9.96. The largest absolute Gasteiger partial charge is 0.343 e. The number of nitrogens with one attached hydrogen (secondary N) is 1. The first kappa shape index (κ1) is 19.5. The molecule has 0 bridgehead atoms. The van der Waals surface area contributed by atoms with Crippen LogP contribution in [0.4, 0.5) is 0 Å². The molecule has 1 fully saturated rings. The number of imidazole rings is 1.